The fraction of sp³-hybridized carbons (Fsp3) is 0.444. The maximum absolute atomic E-state index is 4.65. The minimum Gasteiger partial charge on any atom is -0.295 e. The molecule has 0 N–H and O–H groups in total. The molecule has 0 spiro atoms. The second-order valence-electron chi connectivity index (χ2n) is 9.31. The van der Waals surface area contributed by atoms with Gasteiger partial charge in [0.15, 0.2) is 0 Å². The van der Waals surface area contributed by atoms with E-state index in [1.807, 2.05) is 18.6 Å². The lowest BCUT2D eigenvalue weighted by atomic mass is 10.2. The first-order valence-electron chi connectivity index (χ1n) is 12.0. The topological polar surface area (TPSA) is 48.4 Å². The maximum Gasteiger partial charge on any atom is 0.0544 e. The van der Waals surface area contributed by atoms with Gasteiger partial charge in [-0.1, -0.05) is 18.2 Å². The van der Waals surface area contributed by atoms with Crippen molar-refractivity contribution in [3.8, 4) is 0 Å². The van der Waals surface area contributed by atoms with Crippen LogP contribution in [0.3, 0.4) is 0 Å². The molecule has 3 aromatic heterocycles. The third-order valence-corrected chi connectivity index (χ3v) is 6.27. The lowest BCUT2D eigenvalue weighted by Crippen LogP contribution is -2.35. The number of nitrogens with zero attached hydrogens (tertiary/aromatic N) is 6. The molecule has 0 radical (unpaired) electrons. The Bertz CT molecular complexity index is 841. The molecule has 3 aromatic rings. The molecule has 6 heteroatoms. The van der Waals surface area contributed by atoms with Crippen LogP contribution in [-0.4, -0.2) is 68.9 Å². The summed E-state index contributed by atoms with van der Waals surface area (Å²) in [7, 11) is 0. The molecule has 0 saturated carbocycles. The van der Waals surface area contributed by atoms with Crippen molar-refractivity contribution < 1.29 is 0 Å². The third kappa shape index (κ3) is 7.42. The highest BCUT2D eigenvalue weighted by atomic mass is 15.3. The highest BCUT2D eigenvalue weighted by molar-refractivity contribution is 5.14. The van der Waals surface area contributed by atoms with E-state index in [-0.39, 0.29) is 0 Å². The van der Waals surface area contributed by atoms with Crippen molar-refractivity contribution in [3.05, 3.63) is 88.8 Å². The number of hydrogen-bond donors (Lipinski definition) is 0. The van der Waals surface area contributed by atoms with Gasteiger partial charge in [0.25, 0.3) is 0 Å². The molecule has 4 rings (SSSR count). The first kappa shape index (κ1) is 23.5. The predicted molar refractivity (Wildman–Crippen MR) is 133 cm³/mol. The summed E-state index contributed by atoms with van der Waals surface area (Å²) in [6.07, 6.45) is 5.91. The molecular formula is C27H36N6. The van der Waals surface area contributed by atoms with Crippen LogP contribution in [0.25, 0.3) is 0 Å². The Balaban J connectivity index is 1.46. The highest BCUT2D eigenvalue weighted by Gasteiger charge is 2.18. The summed E-state index contributed by atoms with van der Waals surface area (Å²) >= 11 is 0. The van der Waals surface area contributed by atoms with Crippen LogP contribution in [0, 0.1) is 20.8 Å². The largest absolute Gasteiger partial charge is 0.295 e. The smallest absolute Gasteiger partial charge is 0.0544 e. The monoisotopic (exact) mass is 444 g/mol. The van der Waals surface area contributed by atoms with E-state index in [1.165, 1.54) is 16.7 Å². The van der Waals surface area contributed by atoms with E-state index in [4.69, 9.17) is 0 Å². The number of rotatable bonds is 6. The standard InChI is InChI=1S/C27H36N6/c1-22-4-7-25(28-16-22)19-31-10-12-32(20-26-8-5-23(2)17-29-26)14-15-33(13-11-31)21-27-9-6-24(3)18-30-27/h4-9,16-18H,10-15,19-21H2,1-3H3. The molecule has 0 atom stereocenters. The van der Waals surface area contributed by atoms with Gasteiger partial charge in [-0.3, -0.25) is 29.7 Å². The molecule has 0 bridgehead atoms. The maximum atomic E-state index is 4.65. The molecule has 174 valence electrons. The molecular weight excluding hydrogens is 408 g/mol. The summed E-state index contributed by atoms with van der Waals surface area (Å²) in [6, 6.07) is 12.9. The van der Waals surface area contributed by atoms with Gasteiger partial charge < -0.3 is 0 Å². The van der Waals surface area contributed by atoms with Gasteiger partial charge in [-0.2, -0.15) is 0 Å². The van der Waals surface area contributed by atoms with Crippen LogP contribution in [0.1, 0.15) is 33.8 Å². The summed E-state index contributed by atoms with van der Waals surface area (Å²) in [6.45, 7) is 15.1. The Labute approximate surface area is 198 Å². The molecule has 1 aliphatic heterocycles. The molecule has 0 aromatic carbocycles. The number of aryl methyl sites for hydroxylation is 3. The number of pyridine rings is 3. The van der Waals surface area contributed by atoms with Crippen molar-refractivity contribution in [2.45, 2.75) is 40.4 Å². The van der Waals surface area contributed by atoms with Crippen LogP contribution in [0.4, 0.5) is 0 Å². The zero-order valence-corrected chi connectivity index (χ0v) is 20.2. The van der Waals surface area contributed by atoms with Crippen molar-refractivity contribution in [1.29, 1.82) is 0 Å². The number of hydrogen-bond acceptors (Lipinski definition) is 6. The van der Waals surface area contributed by atoms with Gasteiger partial charge in [-0.15, -0.1) is 0 Å². The molecule has 0 aliphatic carbocycles. The zero-order valence-electron chi connectivity index (χ0n) is 20.2. The first-order chi connectivity index (χ1) is 16.0. The molecule has 33 heavy (non-hydrogen) atoms. The van der Waals surface area contributed by atoms with Crippen LogP contribution in [0.5, 0.6) is 0 Å². The van der Waals surface area contributed by atoms with Crippen molar-refractivity contribution >= 4 is 0 Å². The van der Waals surface area contributed by atoms with Gasteiger partial charge in [0.1, 0.15) is 0 Å². The van der Waals surface area contributed by atoms with Gasteiger partial charge in [-0.25, -0.2) is 0 Å². The van der Waals surface area contributed by atoms with Gasteiger partial charge in [0.2, 0.25) is 0 Å². The lowest BCUT2D eigenvalue weighted by molar-refractivity contribution is 0.207. The lowest BCUT2D eigenvalue weighted by Gasteiger charge is -2.25. The zero-order chi connectivity index (χ0) is 23.0. The van der Waals surface area contributed by atoms with Gasteiger partial charge in [-0.05, 0) is 55.7 Å². The fourth-order valence-electron chi connectivity index (χ4n) is 4.12. The average Bonchev–Trinajstić information content (AvgIpc) is 2.90. The Morgan fingerprint density at radius 1 is 0.485 bits per heavy atom. The molecule has 0 amide bonds. The molecule has 4 heterocycles. The molecule has 1 fully saturated rings. The first-order valence-corrected chi connectivity index (χ1v) is 12.0. The predicted octanol–water partition coefficient (Wildman–Crippen LogP) is 3.62. The van der Waals surface area contributed by atoms with E-state index in [9.17, 15) is 0 Å². The van der Waals surface area contributed by atoms with Crippen molar-refractivity contribution in [1.82, 2.24) is 29.7 Å². The van der Waals surface area contributed by atoms with E-state index in [1.54, 1.807) is 0 Å². The van der Waals surface area contributed by atoms with E-state index < -0.39 is 0 Å². The van der Waals surface area contributed by atoms with Crippen molar-refractivity contribution in [2.75, 3.05) is 39.3 Å². The average molecular weight is 445 g/mol. The highest BCUT2D eigenvalue weighted by Crippen LogP contribution is 2.11. The van der Waals surface area contributed by atoms with Crippen LogP contribution < -0.4 is 0 Å². The van der Waals surface area contributed by atoms with Crippen LogP contribution in [0.15, 0.2) is 55.0 Å². The molecule has 1 aliphatic rings. The third-order valence-electron chi connectivity index (χ3n) is 6.27. The second kappa shape index (κ2) is 11.5. The van der Waals surface area contributed by atoms with Gasteiger partial charge in [0.05, 0.1) is 17.1 Å². The van der Waals surface area contributed by atoms with Crippen LogP contribution in [0.2, 0.25) is 0 Å². The molecule has 0 unspecified atom stereocenters. The summed E-state index contributed by atoms with van der Waals surface area (Å²) in [5.41, 5.74) is 7.03. The van der Waals surface area contributed by atoms with Gasteiger partial charge >= 0.3 is 0 Å². The van der Waals surface area contributed by atoms with Gasteiger partial charge in [0, 0.05) is 77.5 Å². The normalized spacial score (nSPS) is 16.8. The van der Waals surface area contributed by atoms with E-state index >= 15 is 0 Å². The minimum absolute atomic E-state index is 0.882. The Hall–Kier alpha value is -2.67. The summed E-state index contributed by atoms with van der Waals surface area (Å²) in [4.78, 5) is 21.6. The summed E-state index contributed by atoms with van der Waals surface area (Å²) in [5, 5.41) is 0. The Morgan fingerprint density at radius 3 is 0.970 bits per heavy atom. The quantitative estimate of drug-likeness (QED) is 0.579. The summed E-state index contributed by atoms with van der Waals surface area (Å²) in [5.74, 6) is 0. The molecule has 1 saturated heterocycles. The SMILES string of the molecule is Cc1ccc(CN2CCN(Cc3ccc(C)cn3)CCN(Cc3ccc(C)cn3)CC2)nc1. The summed E-state index contributed by atoms with van der Waals surface area (Å²) < 4.78 is 0. The Kier molecular flexibility index (Phi) is 8.15. The second-order valence-corrected chi connectivity index (χ2v) is 9.31. The molecule has 6 nitrogen and oxygen atoms in total. The van der Waals surface area contributed by atoms with E-state index in [0.717, 1.165) is 76.0 Å². The van der Waals surface area contributed by atoms with E-state index in [0.29, 0.717) is 0 Å². The number of aromatic nitrogens is 3. The Morgan fingerprint density at radius 2 is 0.758 bits per heavy atom. The van der Waals surface area contributed by atoms with E-state index in [2.05, 4.69) is 86.8 Å². The van der Waals surface area contributed by atoms with Crippen molar-refractivity contribution in [2.24, 2.45) is 0 Å². The van der Waals surface area contributed by atoms with Crippen LogP contribution in [-0.2, 0) is 19.6 Å². The fourth-order valence-corrected chi connectivity index (χ4v) is 4.12. The minimum atomic E-state index is 0.882. The van der Waals surface area contributed by atoms with Crippen molar-refractivity contribution in [3.63, 3.8) is 0 Å². The van der Waals surface area contributed by atoms with Crippen LogP contribution >= 0.6 is 0 Å².